The molecule has 2 aliphatic heterocycles. The van der Waals surface area contributed by atoms with Crippen molar-refractivity contribution in [2.45, 2.75) is 51.0 Å². The Kier molecular flexibility index (Phi) is 4.58. The first kappa shape index (κ1) is 17.5. The first-order valence-electron chi connectivity index (χ1n) is 10.9. The maximum atomic E-state index is 12.9. The summed E-state index contributed by atoms with van der Waals surface area (Å²) in [6, 6.07) is 6.96. The van der Waals surface area contributed by atoms with Crippen molar-refractivity contribution in [2.24, 2.45) is 11.3 Å². The zero-order valence-electron chi connectivity index (χ0n) is 16.4. The molecule has 5 heteroatoms. The maximum Gasteiger partial charge on any atom is 0.225 e. The van der Waals surface area contributed by atoms with E-state index in [1.54, 1.807) is 0 Å². The Morgan fingerprint density at radius 2 is 1.74 bits per heavy atom. The van der Waals surface area contributed by atoms with E-state index in [9.17, 15) is 4.79 Å². The number of anilines is 1. The second kappa shape index (κ2) is 7.08. The van der Waals surface area contributed by atoms with Crippen LogP contribution in [0.15, 0.2) is 24.4 Å². The number of piperidine rings is 1. The smallest absolute Gasteiger partial charge is 0.225 e. The topological polar surface area (TPSA) is 39.7 Å². The van der Waals surface area contributed by atoms with Crippen molar-refractivity contribution in [2.75, 3.05) is 44.2 Å². The molecule has 146 valence electrons. The van der Waals surface area contributed by atoms with Gasteiger partial charge in [-0.05, 0) is 56.1 Å². The summed E-state index contributed by atoms with van der Waals surface area (Å²) in [5.74, 6) is 1.84. The highest BCUT2D eigenvalue weighted by atomic mass is 16.2. The summed E-state index contributed by atoms with van der Waals surface area (Å²) in [5, 5.41) is 0. The van der Waals surface area contributed by atoms with Gasteiger partial charge in [-0.1, -0.05) is 12.5 Å². The van der Waals surface area contributed by atoms with Crippen molar-refractivity contribution >= 4 is 11.7 Å². The molecule has 1 aromatic rings. The Bertz CT molecular complexity index is 650. The molecule has 1 amide bonds. The van der Waals surface area contributed by atoms with Gasteiger partial charge in [0.2, 0.25) is 5.91 Å². The molecule has 0 bridgehead atoms. The molecule has 0 radical (unpaired) electrons. The van der Waals surface area contributed by atoms with Gasteiger partial charge in [-0.3, -0.25) is 9.69 Å². The fourth-order valence-electron chi connectivity index (χ4n) is 5.64. The summed E-state index contributed by atoms with van der Waals surface area (Å²) in [6.07, 6.45) is 10.7. The molecule has 5 rings (SSSR count). The second-order valence-electron chi connectivity index (χ2n) is 9.23. The Hall–Kier alpha value is -1.62. The van der Waals surface area contributed by atoms with E-state index >= 15 is 0 Å². The van der Waals surface area contributed by atoms with Gasteiger partial charge in [-0.2, -0.15) is 0 Å². The van der Waals surface area contributed by atoms with E-state index in [0.29, 0.717) is 17.2 Å². The van der Waals surface area contributed by atoms with Gasteiger partial charge in [0.1, 0.15) is 5.82 Å². The lowest BCUT2D eigenvalue weighted by atomic mass is 9.57. The van der Waals surface area contributed by atoms with Crippen molar-refractivity contribution < 1.29 is 4.79 Å². The molecular weight excluding hydrogens is 336 g/mol. The summed E-state index contributed by atoms with van der Waals surface area (Å²) in [4.78, 5) is 24.6. The molecule has 1 spiro atoms. The molecule has 2 saturated carbocycles. The van der Waals surface area contributed by atoms with Crippen LogP contribution < -0.4 is 4.90 Å². The van der Waals surface area contributed by atoms with Crippen LogP contribution in [-0.4, -0.2) is 66.0 Å². The number of hydrogen-bond donors (Lipinski definition) is 0. The molecule has 0 N–H and O–H groups in total. The highest BCUT2D eigenvalue weighted by Crippen LogP contribution is 2.53. The van der Waals surface area contributed by atoms with Crippen LogP contribution in [0.3, 0.4) is 0 Å². The van der Waals surface area contributed by atoms with Crippen molar-refractivity contribution in [3.05, 3.63) is 24.4 Å². The van der Waals surface area contributed by atoms with Gasteiger partial charge in [0.15, 0.2) is 0 Å². The molecule has 0 aromatic carbocycles. The lowest BCUT2D eigenvalue weighted by Crippen LogP contribution is -2.57. The van der Waals surface area contributed by atoms with Crippen LogP contribution in [0.25, 0.3) is 0 Å². The van der Waals surface area contributed by atoms with Crippen LogP contribution in [0, 0.1) is 11.3 Å². The fourth-order valence-corrected chi connectivity index (χ4v) is 5.64. The molecule has 0 atom stereocenters. The normalized spacial score (nSPS) is 26.7. The van der Waals surface area contributed by atoms with E-state index in [1.165, 1.54) is 32.1 Å². The number of aromatic nitrogens is 1. The minimum atomic E-state index is 0.293. The predicted molar refractivity (Wildman–Crippen MR) is 107 cm³/mol. The van der Waals surface area contributed by atoms with Crippen LogP contribution in [0.5, 0.6) is 0 Å². The molecule has 5 nitrogen and oxygen atoms in total. The number of amides is 1. The highest BCUT2D eigenvalue weighted by Gasteiger charge is 2.49. The van der Waals surface area contributed by atoms with Gasteiger partial charge < -0.3 is 9.80 Å². The fraction of sp³-hybridized carbons (Fsp3) is 0.727. The van der Waals surface area contributed by atoms with E-state index in [1.807, 2.05) is 12.3 Å². The summed E-state index contributed by atoms with van der Waals surface area (Å²) in [5.41, 5.74) is 0.430. The molecule has 4 fully saturated rings. The first-order valence-corrected chi connectivity index (χ1v) is 10.9. The van der Waals surface area contributed by atoms with Gasteiger partial charge in [0.25, 0.3) is 0 Å². The number of hydrogen-bond acceptors (Lipinski definition) is 4. The number of nitrogens with zero attached hydrogens (tertiary/aromatic N) is 4. The first-order chi connectivity index (χ1) is 13.2. The third-order valence-electron chi connectivity index (χ3n) is 7.72. The van der Waals surface area contributed by atoms with Crippen molar-refractivity contribution in [1.82, 2.24) is 14.8 Å². The Labute approximate surface area is 162 Å². The lowest BCUT2D eigenvalue weighted by Gasteiger charge is -2.53. The standard InChI is InChI=1S/C22H32N4O/c27-21(26-14-12-24(13-15-26)19-4-3-5-19)18-16-22(17-18)7-10-25(11-8-22)20-6-1-2-9-23-20/h1-2,6,9,18-19H,3-5,7-8,10-17H2. The number of carbonyl (C=O) groups is 1. The third kappa shape index (κ3) is 3.35. The molecule has 27 heavy (non-hydrogen) atoms. The lowest BCUT2D eigenvalue weighted by molar-refractivity contribution is -0.147. The van der Waals surface area contributed by atoms with Crippen LogP contribution in [-0.2, 0) is 4.79 Å². The van der Waals surface area contributed by atoms with Crippen molar-refractivity contribution in [1.29, 1.82) is 0 Å². The monoisotopic (exact) mass is 368 g/mol. The predicted octanol–water partition coefficient (Wildman–Crippen LogP) is 2.77. The Balaban J connectivity index is 1.09. The number of carbonyl (C=O) groups excluding carboxylic acids is 1. The zero-order chi connectivity index (χ0) is 18.3. The number of piperazine rings is 1. The van der Waals surface area contributed by atoms with Crippen LogP contribution >= 0.6 is 0 Å². The van der Waals surface area contributed by atoms with E-state index < -0.39 is 0 Å². The van der Waals surface area contributed by atoms with Crippen molar-refractivity contribution in [3.8, 4) is 0 Å². The third-order valence-corrected chi connectivity index (χ3v) is 7.72. The number of pyridine rings is 1. The van der Waals surface area contributed by atoms with Crippen LogP contribution in [0.1, 0.15) is 44.9 Å². The largest absolute Gasteiger partial charge is 0.357 e. The quantitative estimate of drug-likeness (QED) is 0.822. The average molecular weight is 369 g/mol. The van der Waals surface area contributed by atoms with E-state index in [0.717, 1.165) is 64.0 Å². The second-order valence-corrected chi connectivity index (χ2v) is 9.23. The summed E-state index contributed by atoms with van der Waals surface area (Å²) in [6.45, 7) is 6.25. The van der Waals surface area contributed by atoms with Gasteiger partial charge in [-0.25, -0.2) is 4.98 Å². The van der Waals surface area contributed by atoms with Gasteiger partial charge in [-0.15, -0.1) is 0 Å². The van der Waals surface area contributed by atoms with Gasteiger partial charge >= 0.3 is 0 Å². The van der Waals surface area contributed by atoms with Crippen LogP contribution in [0.2, 0.25) is 0 Å². The highest BCUT2D eigenvalue weighted by molar-refractivity contribution is 5.80. The minimum Gasteiger partial charge on any atom is -0.357 e. The molecule has 0 unspecified atom stereocenters. The maximum absolute atomic E-state index is 12.9. The van der Waals surface area contributed by atoms with Gasteiger partial charge in [0, 0.05) is 57.4 Å². The van der Waals surface area contributed by atoms with E-state index in [2.05, 4.69) is 31.8 Å². The van der Waals surface area contributed by atoms with E-state index in [4.69, 9.17) is 0 Å². The minimum absolute atomic E-state index is 0.293. The van der Waals surface area contributed by atoms with Crippen molar-refractivity contribution in [3.63, 3.8) is 0 Å². The molecule has 1 aromatic heterocycles. The number of rotatable bonds is 3. The van der Waals surface area contributed by atoms with Gasteiger partial charge in [0.05, 0.1) is 0 Å². The summed E-state index contributed by atoms with van der Waals surface area (Å²) < 4.78 is 0. The summed E-state index contributed by atoms with van der Waals surface area (Å²) in [7, 11) is 0. The molecule has 4 aliphatic rings. The zero-order valence-corrected chi connectivity index (χ0v) is 16.4. The molecule has 3 heterocycles. The average Bonchev–Trinajstić information content (AvgIpc) is 2.66. The SMILES string of the molecule is O=C(C1CC2(CCN(c3ccccn3)CC2)C1)N1CCN(C2CCC2)CC1. The Morgan fingerprint density at radius 1 is 1.00 bits per heavy atom. The molecule has 2 aliphatic carbocycles. The van der Waals surface area contributed by atoms with E-state index in [-0.39, 0.29) is 0 Å². The summed E-state index contributed by atoms with van der Waals surface area (Å²) >= 11 is 0. The molecule has 2 saturated heterocycles. The molecular formula is C22H32N4O. The van der Waals surface area contributed by atoms with Crippen LogP contribution in [0.4, 0.5) is 5.82 Å². The Morgan fingerprint density at radius 3 is 2.33 bits per heavy atom.